The first-order chi connectivity index (χ1) is 7.97. The summed E-state index contributed by atoms with van der Waals surface area (Å²) < 4.78 is 30.0. The fourth-order valence-corrected chi connectivity index (χ4v) is 1.55. The molecule has 7 heteroatoms. The van der Waals surface area contributed by atoms with Gasteiger partial charge in [-0.05, 0) is 12.5 Å². The van der Waals surface area contributed by atoms with Crippen LogP contribution >= 0.6 is 11.6 Å². The fraction of sp³-hybridized carbons (Fsp3) is 0.400. The smallest absolute Gasteiger partial charge is 0.310 e. The van der Waals surface area contributed by atoms with Crippen LogP contribution in [-0.2, 0) is 16.0 Å². The number of aromatic nitrogens is 1. The molecular weight excluding hydrogens is 256 g/mol. The number of esters is 1. The van der Waals surface area contributed by atoms with Gasteiger partial charge in [0.25, 0.3) is 12.0 Å². The van der Waals surface area contributed by atoms with E-state index in [1.54, 1.807) is 6.92 Å². The van der Waals surface area contributed by atoms with Crippen LogP contribution in [0.1, 0.15) is 24.5 Å². The molecule has 1 aromatic heterocycles. The summed E-state index contributed by atoms with van der Waals surface area (Å²) >= 11 is 5.68. The number of pyridine rings is 1. The second-order valence-electron chi connectivity index (χ2n) is 3.14. The van der Waals surface area contributed by atoms with Crippen LogP contribution in [0.5, 0.6) is 0 Å². The van der Waals surface area contributed by atoms with Gasteiger partial charge in [-0.3, -0.25) is 9.59 Å². The Morgan fingerprint density at radius 3 is 2.76 bits per heavy atom. The molecule has 0 fully saturated rings. The van der Waals surface area contributed by atoms with E-state index in [1.807, 2.05) is 0 Å². The van der Waals surface area contributed by atoms with Crippen LogP contribution in [0.15, 0.2) is 11.0 Å². The molecule has 0 bridgehead atoms. The van der Waals surface area contributed by atoms with Crippen LogP contribution in [0.4, 0.5) is 8.78 Å². The standard InChI is InChI=1S/C10H10ClF2NO3/c1-2-17-7(15)3-5-6(11)4-14-10(16)8(5)9(12)13/h4,9H,2-3H2,1H3,(H,14,16). The van der Waals surface area contributed by atoms with Crippen molar-refractivity contribution < 1.29 is 18.3 Å². The van der Waals surface area contributed by atoms with Crippen molar-refractivity contribution in [1.82, 2.24) is 4.98 Å². The number of carbonyl (C=O) groups excluding carboxylic acids is 1. The summed E-state index contributed by atoms with van der Waals surface area (Å²) in [6, 6.07) is 0. The van der Waals surface area contributed by atoms with Crippen molar-refractivity contribution in [3.8, 4) is 0 Å². The second kappa shape index (κ2) is 5.77. The number of halogens is 3. The van der Waals surface area contributed by atoms with E-state index in [-0.39, 0.29) is 17.2 Å². The highest BCUT2D eigenvalue weighted by molar-refractivity contribution is 6.31. The maximum absolute atomic E-state index is 12.7. The lowest BCUT2D eigenvalue weighted by atomic mass is 10.1. The minimum Gasteiger partial charge on any atom is -0.466 e. The molecule has 0 saturated carbocycles. The minimum atomic E-state index is -3.00. The summed E-state index contributed by atoms with van der Waals surface area (Å²) in [5.74, 6) is -0.707. The third-order valence-corrected chi connectivity index (χ3v) is 2.37. The highest BCUT2D eigenvalue weighted by atomic mass is 35.5. The number of carbonyl (C=O) groups is 1. The second-order valence-corrected chi connectivity index (χ2v) is 3.55. The van der Waals surface area contributed by atoms with Crippen LogP contribution < -0.4 is 5.56 Å². The number of nitrogens with one attached hydrogen (secondary N) is 1. The van der Waals surface area contributed by atoms with Gasteiger partial charge < -0.3 is 9.72 Å². The molecule has 1 heterocycles. The highest BCUT2D eigenvalue weighted by Gasteiger charge is 2.22. The number of alkyl halides is 2. The third kappa shape index (κ3) is 3.26. The monoisotopic (exact) mass is 265 g/mol. The van der Waals surface area contributed by atoms with Crippen LogP contribution in [-0.4, -0.2) is 17.6 Å². The van der Waals surface area contributed by atoms with Crippen molar-refractivity contribution in [2.24, 2.45) is 0 Å². The molecule has 0 aliphatic heterocycles. The number of hydrogen-bond acceptors (Lipinski definition) is 3. The zero-order valence-corrected chi connectivity index (χ0v) is 9.68. The van der Waals surface area contributed by atoms with Crippen LogP contribution in [0.3, 0.4) is 0 Å². The van der Waals surface area contributed by atoms with Gasteiger partial charge in [-0.1, -0.05) is 11.6 Å². The van der Waals surface area contributed by atoms with Gasteiger partial charge in [0.1, 0.15) is 0 Å². The highest BCUT2D eigenvalue weighted by Crippen LogP contribution is 2.25. The molecular formula is C10H10ClF2NO3. The van der Waals surface area contributed by atoms with Crippen molar-refractivity contribution in [3.05, 3.63) is 32.7 Å². The quantitative estimate of drug-likeness (QED) is 0.848. The molecule has 4 nitrogen and oxygen atoms in total. The molecule has 1 aromatic rings. The largest absolute Gasteiger partial charge is 0.466 e. The maximum atomic E-state index is 12.7. The molecule has 0 amide bonds. The molecule has 1 N–H and O–H groups in total. The van der Waals surface area contributed by atoms with Crippen LogP contribution in [0.25, 0.3) is 0 Å². The summed E-state index contributed by atoms with van der Waals surface area (Å²) in [6.45, 7) is 1.72. The van der Waals surface area contributed by atoms with E-state index in [0.29, 0.717) is 0 Å². The van der Waals surface area contributed by atoms with E-state index in [2.05, 4.69) is 9.72 Å². The summed E-state index contributed by atoms with van der Waals surface area (Å²) in [5.41, 5.74) is -1.93. The van der Waals surface area contributed by atoms with E-state index < -0.39 is 29.9 Å². The lowest BCUT2D eigenvalue weighted by Crippen LogP contribution is -2.19. The Morgan fingerprint density at radius 1 is 1.59 bits per heavy atom. The Kier molecular flexibility index (Phi) is 4.62. The molecule has 0 spiro atoms. The fourth-order valence-electron chi connectivity index (χ4n) is 1.33. The molecule has 0 aliphatic carbocycles. The van der Waals surface area contributed by atoms with Gasteiger partial charge in [-0.25, -0.2) is 8.78 Å². The summed E-state index contributed by atoms with van der Waals surface area (Å²) in [4.78, 5) is 24.5. The first-order valence-electron chi connectivity index (χ1n) is 4.81. The summed E-state index contributed by atoms with van der Waals surface area (Å²) in [7, 11) is 0. The average Bonchev–Trinajstić information content (AvgIpc) is 2.23. The first-order valence-corrected chi connectivity index (χ1v) is 5.18. The van der Waals surface area contributed by atoms with E-state index in [9.17, 15) is 18.4 Å². The van der Waals surface area contributed by atoms with Gasteiger partial charge in [0.05, 0.1) is 23.6 Å². The van der Waals surface area contributed by atoms with E-state index in [4.69, 9.17) is 11.6 Å². The van der Waals surface area contributed by atoms with Gasteiger partial charge in [0.15, 0.2) is 0 Å². The topological polar surface area (TPSA) is 59.2 Å². The molecule has 17 heavy (non-hydrogen) atoms. The average molecular weight is 266 g/mol. The van der Waals surface area contributed by atoms with E-state index >= 15 is 0 Å². The zero-order valence-electron chi connectivity index (χ0n) is 8.93. The molecule has 0 aromatic carbocycles. The maximum Gasteiger partial charge on any atom is 0.310 e. The Balaban J connectivity index is 3.17. The first kappa shape index (κ1) is 13.6. The zero-order chi connectivity index (χ0) is 13.0. The summed E-state index contributed by atoms with van der Waals surface area (Å²) in [6.07, 6.45) is -2.37. The number of hydrogen-bond donors (Lipinski definition) is 1. The predicted octanol–water partition coefficient (Wildman–Crippen LogP) is 2.07. The van der Waals surface area contributed by atoms with Gasteiger partial charge >= 0.3 is 5.97 Å². The van der Waals surface area contributed by atoms with Gasteiger partial charge in [-0.2, -0.15) is 0 Å². The Bertz CT molecular complexity index is 473. The molecule has 1 rings (SSSR count). The van der Waals surface area contributed by atoms with Crippen molar-refractivity contribution in [3.63, 3.8) is 0 Å². The molecule has 0 radical (unpaired) electrons. The van der Waals surface area contributed by atoms with E-state index in [0.717, 1.165) is 6.20 Å². The number of H-pyrrole nitrogens is 1. The normalized spacial score (nSPS) is 10.6. The molecule has 0 unspecified atom stereocenters. The van der Waals surface area contributed by atoms with Crippen molar-refractivity contribution in [2.45, 2.75) is 19.8 Å². The molecule has 94 valence electrons. The predicted molar refractivity (Wildman–Crippen MR) is 57.4 cm³/mol. The van der Waals surface area contributed by atoms with Crippen molar-refractivity contribution in [2.75, 3.05) is 6.61 Å². The van der Waals surface area contributed by atoms with Gasteiger partial charge in [-0.15, -0.1) is 0 Å². The Morgan fingerprint density at radius 2 is 2.24 bits per heavy atom. The molecule has 0 atom stereocenters. The Hall–Kier alpha value is -1.43. The number of aromatic amines is 1. The molecule has 0 saturated heterocycles. The lowest BCUT2D eigenvalue weighted by molar-refractivity contribution is -0.142. The van der Waals surface area contributed by atoms with Crippen molar-refractivity contribution in [1.29, 1.82) is 0 Å². The minimum absolute atomic E-state index is 0.0899. The SMILES string of the molecule is CCOC(=O)Cc1c(Cl)c[nH]c(=O)c1C(F)F. The van der Waals surface area contributed by atoms with E-state index in [1.165, 1.54) is 0 Å². The van der Waals surface area contributed by atoms with Gasteiger partial charge in [0, 0.05) is 6.20 Å². The van der Waals surface area contributed by atoms with Crippen molar-refractivity contribution >= 4 is 17.6 Å². The third-order valence-electron chi connectivity index (χ3n) is 2.03. The molecule has 0 aliphatic rings. The van der Waals surface area contributed by atoms with Gasteiger partial charge in [0.2, 0.25) is 0 Å². The number of rotatable bonds is 4. The Labute approximate surface area is 101 Å². The number of ether oxygens (including phenoxy) is 1. The summed E-state index contributed by atoms with van der Waals surface area (Å²) in [5, 5.41) is -0.0899. The van der Waals surface area contributed by atoms with Crippen LogP contribution in [0.2, 0.25) is 5.02 Å². The lowest BCUT2D eigenvalue weighted by Gasteiger charge is -2.09. The van der Waals surface area contributed by atoms with Crippen LogP contribution in [0, 0.1) is 0 Å².